The molecular formula is C23H25FN4O5S. The quantitative estimate of drug-likeness (QED) is 0.500. The molecule has 1 fully saturated rings. The molecule has 0 radical (unpaired) electrons. The van der Waals surface area contributed by atoms with Gasteiger partial charge in [0.2, 0.25) is 0 Å². The van der Waals surface area contributed by atoms with Gasteiger partial charge in [-0.05, 0) is 50.3 Å². The van der Waals surface area contributed by atoms with Crippen LogP contribution in [0.3, 0.4) is 0 Å². The number of aryl methyl sites for hydroxylation is 1. The number of rotatable bonds is 6. The van der Waals surface area contributed by atoms with Crippen molar-refractivity contribution >= 4 is 45.1 Å². The first-order valence-electron chi connectivity index (χ1n) is 10.8. The molecule has 0 saturated heterocycles. The first-order chi connectivity index (χ1) is 16.3. The number of methoxy groups -OCH3 is 1. The lowest BCUT2D eigenvalue weighted by molar-refractivity contribution is 0.0701. The van der Waals surface area contributed by atoms with Crippen molar-refractivity contribution in [1.29, 1.82) is 0 Å². The minimum atomic E-state index is -1.02. The minimum Gasteiger partial charge on any atom is -0.488 e. The van der Waals surface area contributed by atoms with Crippen molar-refractivity contribution < 1.29 is 28.6 Å². The van der Waals surface area contributed by atoms with E-state index in [-0.39, 0.29) is 23.1 Å². The molecule has 2 aromatic heterocycles. The van der Waals surface area contributed by atoms with Gasteiger partial charge in [0.05, 0.1) is 24.3 Å². The summed E-state index contributed by atoms with van der Waals surface area (Å²) in [6.45, 7) is 1.71. The standard InChI is InChI=1S/C23H25FN4O5S/c1-12-18-20(25-11-26-21(18)34-19(12)22(29)30)27-16-9-4-13(24)10-17(16)33-15-7-5-14(6-8-15)28(2)23(31)32-3/h4,9-11,14-15H,5-8H2,1-3H3,(H,29,30)(H,25,26,27)/t14-,15-. The molecule has 0 atom stereocenters. The average Bonchev–Trinajstić information content (AvgIpc) is 3.18. The highest BCUT2D eigenvalue weighted by atomic mass is 32.1. The molecule has 4 rings (SSSR count). The fraction of sp³-hybridized carbons (Fsp3) is 0.391. The number of carboxylic acids is 1. The van der Waals surface area contributed by atoms with E-state index in [2.05, 4.69) is 15.3 Å². The Hall–Kier alpha value is -3.47. The third-order valence-electron chi connectivity index (χ3n) is 6.07. The number of carboxylic acid groups (broad SMARTS) is 1. The molecule has 0 aliphatic heterocycles. The summed E-state index contributed by atoms with van der Waals surface area (Å²) in [6.07, 6.45) is 3.73. The average molecular weight is 489 g/mol. The first kappa shape index (κ1) is 23.7. The first-order valence-corrected chi connectivity index (χ1v) is 11.6. The summed E-state index contributed by atoms with van der Waals surface area (Å²) >= 11 is 1.08. The number of nitrogens with one attached hydrogen (secondary N) is 1. The summed E-state index contributed by atoms with van der Waals surface area (Å²) < 4.78 is 25.0. The minimum absolute atomic E-state index is 0.0664. The van der Waals surface area contributed by atoms with Gasteiger partial charge in [0.15, 0.2) is 0 Å². The molecule has 1 aliphatic carbocycles. The predicted molar refractivity (Wildman–Crippen MR) is 126 cm³/mol. The van der Waals surface area contributed by atoms with Crippen LogP contribution in [0, 0.1) is 12.7 Å². The number of anilines is 2. The molecule has 180 valence electrons. The molecule has 34 heavy (non-hydrogen) atoms. The van der Waals surface area contributed by atoms with Gasteiger partial charge in [-0.1, -0.05) is 0 Å². The lowest BCUT2D eigenvalue weighted by atomic mass is 9.92. The molecule has 1 amide bonds. The van der Waals surface area contributed by atoms with Gasteiger partial charge in [0, 0.05) is 19.2 Å². The van der Waals surface area contributed by atoms with Crippen molar-refractivity contribution in [3.63, 3.8) is 0 Å². The monoisotopic (exact) mass is 488 g/mol. The highest BCUT2D eigenvalue weighted by molar-refractivity contribution is 7.20. The van der Waals surface area contributed by atoms with Crippen LogP contribution in [0.5, 0.6) is 5.75 Å². The number of fused-ring (bicyclic) bond motifs is 1. The molecule has 0 unspecified atom stereocenters. The summed E-state index contributed by atoms with van der Waals surface area (Å²) in [7, 11) is 3.08. The molecule has 3 aromatic rings. The number of hydrogen-bond acceptors (Lipinski definition) is 8. The molecular weight excluding hydrogens is 463 g/mol. The van der Waals surface area contributed by atoms with E-state index < -0.39 is 11.8 Å². The lowest BCUT2D eigenvalue weighted by Gasteiger charge is -2.34. The van der Waals surface area contributed by atoms with Crippen LogP contribution in [0.1, 0.15) is 40.9 Å². The predicted octanol–water partition coefficient (Wildman–Crippen LogP) is 4.97. The summed E-state index contributed by atoms with van der Waals surface area (Å²) in [5.74, 6) is -0.702. The second-order valence-electron chi connectivity index (χ2n) is 8.16. The van der Waals surface area contributed by atoms with E-state index in [1.165, 1.54) is 25.6 Å². The number of amides is 1. The zero-order chi connectivity index (χ0) is 24.4. The van der Waals surface area contributed by atoms with Crippen LogP contribution < -0.4 is 10.1 Å². The number of nitrogens with zero attached hydrogens (tertiary/aromatic N) is 3. The normalized spacial score (nSPS) is 17.9. The maximum absolute atomic E-state index is 14.1. The fourth-order valence-electron chi connectivity index (χ4n) is 4.22. The molecule has 1 saturated carbocycles. The van der Waals surface area contributed by atoms with Crippen molar-refractivity contribution in [2.45, 2.75) is 44.8 Å². The van der Waals surface area contributed by atoms with E-state index in [1.54, 1.807) is 24.9 Å². The summed E-state index contributed by atoms with van der Waals surface area (Å²) in [4.78, 5) is 34.1. The Morgan fingerprint density at radius 3 is 2.65 bits per heavy atom. The van der Waals surface area contributed by atoms with Gasteiger partial charge in [-0.3, -0.25) is 0 Å². The van der Waals surface area contributed by atoms with Crippen molar-refractivity contribution in [2.24, 2.45) is 0 Å². The number of benzene rings is 1. The van der Waals surface area contributed by atoms with Crippen LogP contribution in [0.15, 0.2) is 24.5 Å². The van der Waals surface area contributed by atoms with E-state index in [4.69, 9.17) is 9.47 Å². The van der Waals surface area contributed by atoms with E-state index in [0.717, 1.165) is 24.2 Å². The van der Waals surface area contributed by atoms with Gasteiger partial charge < -0.3 is 24.8 Å². The maximum Gasteiger partial charge on any atom is 0.409 e. The molecule has 1 aliphatic rings. The van der Waals surface area contributed by atoms with Crippen LogP contribution in [0.25, 0.3) is 10.2 Å². The maximum atomic E-state index is 14.1. The fourth-order valence-corrected chi connectivity index (χ4v) is 5.21. The molecule has 0 bridgehead atoms. The highest BCUT2D eigenvalue weighted by Crippen LogP contribution is 2.37. The topological polar surface area (TPSA) is 114 Å². The number of aromatic carboxylic acids is 1. The van der Waals surface area contributed by atoms with Gasteiger partial charge in [-0.25, -0.2) is 23.9 Å². The number of carbonyl (C=O) groups excluding carboxylic acids is 1. The van der Waals surface area contributed by atoms with Gasteiger partial charge in [-0.2, -0.15) is 0 Å². The molecule has 11 heteroatoms. The number of hydrogen-bond donors (Lipinski definition) is 2. The van der Waals surface area contributed by atoms with Crippen LogP contribution in [0.4, 0.5) is 20.7 Å². The molecule has 2 heterocycles. The van der Waals surface area contributed by atoms with Gasteiger partial charge >= 0.3 is 12.1 Å². The molecule has 2 N–H and O–H groups in total. The number of aromatic nitrogens is 2. The third kappa shape index (κ3) is 4.74. The third-order valence-corrected chi connectivity index (χ3v) is 7.25. The Morgan fingerprint density at radius 1 is 1.24 bits per heavy atom. The second-order valence-corrected chi connectivity index (χ2v) is 9.16. The largest absolute Gasteiger partial charge is 0.488 e. The Balaban J connectivity index is 1.54. The Morgan fingerprint density at radius 2 is 1.97 bits per heavy atom. The van der Waals surface area contributed by atoms with Crippen LogP contribution in [-0.4, -0.2) is 58.3 Å². The smallest absolute Gasteiger partial charge is 0.409 e. The molecule has 1 aromatic carbocycles. The Kier molecular flexibility index (Phi) is 6.82. The van der Waals surface area contributed by atoms with E-state index in [9.17, 15) is 19.1 Å². The van der Waals surface area contributed by atoms with E-state index in [0.29, 0.717) is 45.9 Å². The van der Waals surface area contributed by atoms with Crippen LogP contribution >= 0.6 is 11.3 Å². The number of thiophene rings is 1. The number of ether oxygens (including phenoxy) is 2. The second kappa shape index (κ2) is 9.80. The SMILES string of the molecule is COC(=O)N(C)[C@H]1CC[C@H](Oc2cc(F)ccc2Nc2ncnc3sc(C(=O)O)c(C)c23)CC1. The van der Waals surface area contributed by atoms with E-state index >= 15 is 0 Å². The Labute approximate surface area is 199 Å². The zero-order valence-corrected chi connectivity index (χ0v) is 19.8. The lowest BCUT2D eigenvalue weighted by Crippen LogP contribution is -2.41. The molecule has 0 spiro atoms. The summed E-state index contributed by atoms with van der Waals surface area (Å²) in [5.41, 5.74) is 1.07. The summed E-state index contributed by atoms with van der Waals surface area (Å²) in [5, 5.41) is 13.2. The van der Waals surface area contributed by atoms with Crippen molar-refractivity contribution in [1.82, 2.24) is 14.9 Å². The molecule has 9 nitrogen and oxygen atoms in total. The van der Waals surface area contributed by atoms with E-state index in [1.807, 2.05) is 0 Å². The number of carbonyl (C=O) groups is 2. The van der Waals surface area contributed by atoms with Gasteiger partial charge in [0.1, 0.15) is 33.4 Å². The number of halogens is 1. The van der Waals surface area contributed by atoms with Crippen LogP contribution in [0.2, 0.25) is 0 Å². The zero-order valence-electron chi connectivity index (χ0n) is 19.0. The highest BCUT2D eigenvalue weighted by Gasteiger charge is 2.28. The van der Waals surface area contributed by atoms with Gasteiger partial charge in [-0.15, -0.1) is 11.3 Å². The summed E-state index contributed by atoms with van der Waals surface area (Å²) in [6, 6.07) is 4.27. The van der Waals surface area contributed by atoms with Crippen molar-refractivity contribution in [3.8, 4) is 5.75 Å². The van der Waals surface area contributed by atoms with Gasteiger partial charge in [0.25, 0.3) is 0 Å². The van der Waals surface area contributed by atoms with Crippen molar-refractivity contribution in [2.75, 3.05) is 19.5 Å². The van der Waals surface area contributed by atoms with Crippen LogP contribution in [-0.2, 0) is 4.74 Å². The van der Waals surface area contributed by atoms with Crippen molar-refractivity contribution in [3.05, 3.63) is 40.8 Å². The Bertz CT molecular complexity index is 1230.